The van der Waals surface area contributed by atoms with Crippen molar-refractivity contribution >= 4 is 5.82 Å². The Morgan fingerprint density at radius 1 is 1.24 bits per heavy atom. The third-order valence-corrected chi connectivity index (χ3v) is 2.81. The van der Waals surface area contributed by atoms with E-state index in [4.69, 9.17) is 0 Å². The van der Waals surface area contributed by atoms with E-state index in [9.17, 15) is 0 Å². The molecule has 0 fully saturated rings. The van der Waals surface area contributed by atoms with E-state index in [2.05, 4.69) is 55.4 Å². The van der Waals surface area contributed by atoms with Gasteiger partial charge in [0, 0.05) is 12.7 Å². The maximum Gasteiger partial charge on any atom is 0.125 e. The van der Waals surface area contributed by atoms with Gasteiger partial charge in [-0.25, -0.2) is 4.98 Å². The van der Waals surface area contributed by atoms with Crippen molar-refractivity contribution in [3.63, 3.8) is 0 Å². The van der Waals surface area contributed by atoms with Gasteiger partial charge in [-0.2, -0.15) is 0 Å². The Bertz CT molecular complexity index is 324. The Morgan fingerprint density at radius 2 is 1.94 bits per heavy atom. The van der Waals surface area contributed by atoms with E-state index in [0.717, 1.165) is 18.9 Å². The lowest BCUT2D eigenvalue weighted by atomic mass is 9.88. The molecular formula is C14H25N3. The van der Waals surface area contributed by atoms with Gasteiger partial charge in [-0.3, -0.25) is 0 Å². The van der Waals surface area contributed by atoms with Crippen molar-refractivity contribution < 1.29 is 0 Å². The molecule has 96 valence electrons. The molecule has 0 aliphatic carbocycles. The summed E-state index contributed by atoms with van der Waals surface area (Å²) in [5.41, 5.74) is 1.44. The summed E-state index contributed by atoms with van der Waals surface area (Å²) in [7, 11) is 1.98. The highest BCUT2D eigenvalue weighted by molar-refractivity contribution is 5.37. The smallest absolute Gasteiger partial charge is 0.125 e. The lowest BCUT2D eigenvalue weighted by molar-refractivity contribution is 0.568. The zero-order valence-electron chi connectivity index (χ0n) is 11.7. The lowest BCUT2D eigenvalue weighted by Gasteiger charge is -2.19. The number of anilines is 1. The van der Waals surface area contributed by atoms with Gasteiger partial charge in [0.05, 0.1) is 0 Å². The zero-order valence-corrected chi connectivity index (χ0v) is 11.7. The number of rotatable bonds is 5. The largest absolute Gasteiger partial charge is 0.370 e. The molecule has 1 unspecified atom stereocenters. The summed E-state index contributed by atoms with van der Waals surface area (Å²) in [5.74, 6) is 1.56. The van der Waals surface area contributed by atoms with Gasteiger partial charge in [-0.15, -0.1) is 0 Å². The highest BCUT2D eigenvalue weighted by Gasteiger charge is 2.13. The summed E-state index contributed by atoms with van der Waals surface area (Å²) < 4.78 is 0. The molecule has 1 heterocycles. The first-order chi connectivity index (χ1) is 7.93. The Hall–Kier alpha value is -1.09. The minimum Gasteiger partial charge on any atom is -0.370 e. The van der Waals surface area contributed by atoms with E-state index in [1.807, 2.05) is 13.2 Å². The second-order valence-corrected chi connectivity index (χ2v) is 5.73. The van der Waals surface area contributed by atoms with Crippen LogP contribution in [0.1, 0.15) is 33.3 Å². The van der Waals surface area contributed by atoms with Crippen LogP contribution < -0.4 is 10.6 Å². The van der Waals surface area contributed by atoms with Crippen molar-refractivity contribution in [2.24, 2.45) is 5.92 Å². The number of hydrogen-bond acceptors (Lipinski definition) is 3. The molecule has 1 rings (SSSR count). The van der Waals surface area contributed by atoms with Crippen molar-refractivity contribution in [3.8, 4) is 0 Å². The van der Waals surface area contributed by atoms with Crippen LogP contribution in [0.3, 0.4) is 0 Å². The van der Waals surface area contributed by atoms with Crippen molar-refractivity contribution in [2.75, 3.05) is 25.5 Å². The summed E-state index contributed by atoms with van der Waals surface area (Å²) in [6.07, 6.45) is 1.96. The van der Waals surface area contributed by atoms with Crippen LogP contribution in [0, 0.1) is 5.92 Å². The summed E-state index contributed by atoms with van der Waals surface area (Å²) in [4.78, 5) is 4.45. The molecule has 3 nitrogen and oxygen atoms in total. The fourth-order valence-corrected chi connectivity index (χ4v) is 1.64. The second-order valence-electron chi connectivity index (χ2n) is 5.73. The lowest BCUT2D eigenvalue weighted by Crippen LogP contribution is -2.23. The molecule has 1 aromatic heterocycles. The Morgan fingerprint density at radius 3 is 2.41 bits per heavy atom. The Balaban J connectivity index is 2.51. The molecule has 0 radical (unpaired) electrons. The molecule has 0 spiro atoms. The molecule has 0 amide bonds. The van der Waals surface area contributed by atoms with E-state index >= 15 is 0 Å². The first kappa shape index (κ1) is 14.0. The quantitative estimate of drug-likeness (QED) is 0.824. The number of nitrogens with one attached hydrogen (secondary N) is 2. The zero-order chi connectivity index (χ0) is 12.9. The summed E-state index contributed by atoms with van der Waals surface area (Å²) >= 11 is 0. The molecule has 1 aromatic rings. The topological polar surface area (TPSA) is 37.0 Å². The highest BCUT2D eigenvalue weighted by atomic mass is 15.0. The maximum absolute atomic E-state index is 4.45. The Labute approximate surface area is 105 Å². The van der Waals surface area contributed by atoms with Gasteiger partial charge in [0.15, 0.2) is 0 Å². The third kappa shape index (κ3) is 4.73. The molecule has 0 saturated carbocycles. The van der Waals surface area contributed by atoms with Crippen LogP contribution in [0.2, 0.25) is 0 Å². The van der Waals surface area contributed by atoms with Crippen molar-refractivity contribution in [2.45, 2.75) is 33.1 Å². The van der Waals surface area contributed by atoms with Crippen molar-refractivity contribution in [3.05, 3.63) is 23.9 Å². The van der Waals surface area contributed by atoms with Crippen LogP contribution >= 0.6 is 0 Å². The number of hydrogen-bond donors (Lipinski definition) is 2. The SMILES string of the molecule is CNCC(C)CNc1ccc(C(C)(C)C)cn1. The average molecular weight is 235 g/mol. The van der Waals surface area contributed by atoms with Crippen LogP contribution in [0.25, 0.3) is 0 Å². The van der Waals surface area contributed by atoms with Gasteiger partial charge in [0.25, 0.3) is 0 Å². The Kier molecular flexibility index (Phi) is 4.94. The molecule has 0 aromatic carbocycles. The maximum atomic E-state index is 4.45. The predicted molar refractivity (Wildman–Crippen MR) is 74.5 cm³/mol. The van der Waals surface area contributed by atoms with Gasteiger partial charge in [-0.05, 0) is 36.6 Å². The molecular weight excluding hydrogens is 210 g/mol. The molecule has 1 atom stereocenters. The van der Waals surface area contributed by atoms with E-state index in [1.165, 1.54) is 5.56 Å². The molecule has 0 saturated heterocycles. The van der Waals surface area contributed by atoms with Gasteiger partial charge < -0.3 is 10.6 Å². The summed E-state index contributed by atoms with van der Waals surface area (Å²) in [6, 6.07) is 4.21. The first-order valence-corrected chi connectivity index (χ1v) is 6.28. The van der Waals surface area contributed by atoms with Crippen LogP contribution in [-0.2, 0) is 5.41 Å². The standard InChI is InChI=1S/C14H25N3/c1-11(8-15-5)9-16-13-7-6-12(10-17-13)14(2,3)4/h6-7,10-11,15H,8-9H2,1-5H3,(H,16,17). The number of pyridine rings is 1. The highest BCUT2D eigenvalue weighted by Crippen LogP contribution is 2.21. The fraction of sp³-hybridized carbons (Fsp3) is 0.643. The van der Waals surface area contributed by atoms with Gasteiger partial charge >= 0.3 is 0 Å². The van der Waals surface area contributed by atoms with Crippen LogP contribution in [-0.4, -0.2) is 25.1 Å². The first-order valence-electron chi connectivity index (χ1n) is 6.28. The molecule has 3 heteroatoms. The van der Waals surface area contributed by atoms with E-state index in [-0.39, 0.29) is 5.41 Å². The van der Waals surface area contributed by atoms with Gasteiger partial charge in [0.2, 0.25) is 0 Å². The molecule has 0 aliphatic heterocycles. The van der Waals surface area contributed by atoms with Gasteiger partial charge in [0.1, 0.15) is 5.82 Å². The monoisotopic (exact) mass is 235 g/mol. The average Bonchev–Trinajstić information content (AvgIpc) is 2.26. The molecule has 17 heavy (non-hydrogen) atoms. The number of aromatic nitrogens is 1. The van der Waals surface area contributed by atoms with Crippen LogP contribution in [0.5, 0.6) is 0 Å². The number of nitrogens with zero attached hydrogens (tertiary/aromatic N) is 1. The minimum atomic E-state index is 0.172. The van der Waals surface area contributed by atoms with Crippen molar-refractivity contribution in [1.82, 2.24) is 10.3 Å². The second kappa shape index (κ2) is 6.01. The van der Waals surface area contributed by atoms with Crippen LogP contribution in [0.15, 0.2) is 18.3 Å². The van der Waals surface area contributed by atoms with E-state index in [0.29, 0.717) is 5.92 Å². The third-order valence-electron chi connectivity index (χ3n) is 2.81. The van der Waals surface area contributed by atoms with Crippen molar-refractivity contribution in [1.29, 1.82) is 0 Å². The summed E-state index contributed by atoms with van der Waals surface area (Å²) in [6.45, 7) is 10.8. The van der Waals surface area contributed by atoms with Crippen LogP contribution in [0.4, 0.5) is 5.82 Å². The molecule has 2 N–H and O–H groups in total. The fourth-order valence-electron chi connectivity index (χ4n) is 1.64. The minimum absolute atomic E-state index is 0.172. The normalized spacial score (nSPS) is 13.5. The van der Waals surface area contributed by atoms with Gasteiger partial charge in [-0.1, -0.05) is 33.8 Å². The van der Waals surface area contributed by atoms with E-state index < -0.39 is 0 Å². The predicted octanol–water partition coefficient (Wildman–Crippen LogP) is 2.65. The molecule has 0 bridgehead atoms. The molecule has 0 aliphatic rings. The summed E-state index contributed by atoms with van der Waals surface area (Å²) in [5, 5.41) is 6.53. The van der Waals surface area contributed by atoms with E-state index in [1.54, 1.807) is 0 Å².